The van der Waals surface area contributed by atoms with Crippen molar-refractivity contribution in [2.45, 2.75) is 19.9 Å². The predicted octanol–water partition coefficient (Wildman–Crippen LogP) is 3.15. The number of nitrogens with one attached hydrogen (secondary N) is 1. The first-order valence-corrected chi connectivity index (χ1v) is 6.66. The second-order valence-corrected chi connectivity index (χ2v) is 5.40. The van der Waals surface area contributed by atoms with Crippen molar-refractivity contribution in [2.75, 3.05) is 0 Å². The zero-order valence-electron chi connectivity index (χ0n) is 10.7. The Hall–Kier alpha value is -1.30. The average molecular weight is 324 g/mol. The van der Waals surface area contributed by atoms with Gasteiger partial charge in [0.15, 0.2) is 0 Å². The van der Waals surface area contributed by atoms with Crippen LogP contribution in [0.2, 0.25) is 0 Å². The number of hydrogen-bond acceptors (Lipinski definition) is 3. The maximum Gasteiger partial charge on any atom is 0.128 e. The third kappa shape index (κ3) is 3.00. The van der Waals surface area contributed by atoms with E-state index in [-0.39, 0.29) is 5.82 Å². The smallest absolute Gasteiger partial charge is 0.128 e. The summed E-state index contributed by atoms with van der Waals surface area (Å²) in [6.07, 6.45) is 1.75. The van der Waals surface area contributed by atoms with Crippen LogP contribution in [0.1, 0.15) is 28.4 Å². The highest BCUT2D eigenvalue weighted by molar-refractivity contribution is 9.10. The number of nitrogens with zero attached hydrogens (tertiary/aromatic N) is 1. The molecule has 0 saturated carbocycles. The molecule has 1 heterocycles. The van der Waals surface area contributed by atoms with Crippen molar-refractivity contribution in [2.24, 2.45) is 5.84 Å². The average Bonchev–Trinajstić information content (AvgIpc) is 2.36. The number of benzene rings is 1. The highest BCUT2D eigenvalue weighted by atomic mass is 79.9. The number of halogens is 2. The fourth-order valence-electron chi connectivity index (χ4n) is 2.08. The van der Waals surface area contributed by atoms with Crippen molar-refractivity contribution in [3.8, 4) is 0 Å². The van der Waals surface area contributed by atoms with Crippen LogP contribution in [0.4, 0.5) is 4.39 Å². The van der Waals surface area contributed by atoms with Crippen molar-refractivity contribution < 1.29 is 4.39 Å². The van der Waals surface area contributed by atoms with E-state index in [0.29, 0.717) is 5.56 Å². The van der Waals surface area contributed by atoms with Crippen molar-refractivity contribution in [1.82, 2.24) is 10.4 Å². The molecule has 5 heteroatoms. The fourth-order valence-corrected chi connectivity index (χ4v) is 2.46. The van der Waals surface area contributed by atoms with Gasteiger partial charge in [0.05, 0.1) is 11.7 Å². The minimum atomic E-state index is -0.474. The van der Waals surface area contributed by atoms with E-state index in [1.165, 1.54) is 6.07 Å². The van der Waals surface area contributed by atoms with Gasteiger partial charge in [-0.3, -0.25) is 10.8 Å². The van der Waals surface area contributed by atoms with Crippen molar-refractivity contribution in [3.05, 3.63) is 63.1 Å². The van der Waals surface area contributed by atoms with E-state index in [0.717, 1.165) is 21.3 Å². The molecule has 1 atom stereocenters. The number of rotatable bonds is 3. The molecule has 2 aromatic rings. The van der Waals surface area contributed by atoms with Crippen molar-refractivity contribution in [1.29, 1.82) is 0 Å². The van der Waals surface area contributed by atoms with Crippen LogP contribution < -0.4 is 11.3 Å². The summed E-state index contributed by atoms with van der Waals surface area (Å²) in [4.78, 5) is 4.37. The zero-order valence-corrected chi connectivity index (χ0v) is 12.3. The second-order valence-electron chi connectivity index (χ2n) is 4.48. The quantitative estimate of drug-likeness (QED) is 0.674. The third-order valence-electron chi connectivity index (χ3n) is 2.96. The maximum absolute atomic E-state index is 14.0. The number of hydrazine groups is 1. The number of hydrogen-bond donors (Lipinski definition) is 2. The van der Waals surface area contributed by atoms with Gasteiger partial charge in [-0.05, 0) is 43.2 Å². The number of pyridine rings is 1. The Morgan fingerprint density at radius 1 is 1.32 bits per heavy atom. The van der Waals surface area contributed by atoms with Crippen LogP contribution in [0.3, 0.4) is 0 Å². The molecule has 0 aliphatic heterocycles. The molecule has 0 saturated heterocycles. The van der Waals surface area contributed by atoms with E-state index < -0.39 is 6.04 Å². The monoisotopic (exact) mass is 323 g/mol. The van der Waals surface area contributed by atoms with Crippen molar-refractivity contribution in [3.63, 3.8) is 0 Å². The molecule has 3 nitrogen and oxygen atoms in total. The standard InChI is InChI=1S/C14H15BrFN3/c1-8-5-9(2)13(18-7-8)14(19-17)11-6-10(15)3-4-12(11)16/h3-7,14,19H,17H2,1-2H3. The van der Waals surface area contributed by atoms with Crippen LogP contribution in [0.5, 0.6) is 0 Å². The Morgan fingerprint density at radius 2 is 2.05 bits per heavy atom. The number of nitrogens with two attached hydrogens (primary N) is 1. The summed E-state index contributed by atoms with van der Waals surface area (Å²) >= 11 is 3.34. The summed E-state index contributed by atoms with van der Waals surface area (Å²) in [7, 11) is 0. The molecule has 0 fully saturated rings. The molecule has 19 heavy (non-hydrogen) atoms. The molecule has 3 N–H and O–H groups in total. The van der Waals surface area contributed by atoms with E-state index in [1.807, 2.05) is 19.9 Å². The minimum absolute atomic E-state index is 0.312. The molecule has 0 radical (unpaired) electrons. The molecule has 1 aromatic carbocycles. The topological polar surface area (TPSA) is 50.9 Å². The fraction of sp³-hybridized carbons (Fsp3) is 0.214. The third-order valence-corrected chi connectivity index (χ3v) is 3.46. The lowest BCUT2D eigenvalue weighted by Gasteiger charge is -2.19. The van der Waals surface area contributed by atoms with E-state index in [2.05, 4.69) is 26.3 Å². The highest BCUT2D eigenvalue weighted by Crippen LogP contribution is 2.27. The summed E-state index contributed by atoms with van der Waals surface area (Å²) in [5.74, 6) is 5.28. The molecule has 0 bridgehead atoms. The van der Waals surface area contributed by atoms with Crippen LogP contribution >= 0.6 is 15.9 Å². The summed E-state index contributed by atoms with van der Waals surface area (Å²) in [6.45, 7) is 3.91. The molecule has 0 spiro atoms. The van der Waals surface area contributed by atoms with Gasteiger partial charge < -0.3 is 0 Å². The van der Waals surface area contributed by atoms with E-state index in [9.17, 15) is 4.39 Å². The largest absolute Gasteiger partial charge is 0.271 e. The molecular weight excluding hydrogens is 309 g/mol. The lowest BCUT2D eigenvalue weighted by atomic mass is 9.99. The van der Waals surface area contributed by atoms with Gasteiger partial charge in [-0.2, -0.15) is 0 Å². The van der Waals surface area contributed by atoms with Gasteiger partial charge in [0.2, 0.25) is 0 Å². The van der Waals surface area contributed by atoms with Gasteiger partial charge in [-0.25, -0.2) is 9.82 Å². The van der Waals surface area contributed by atoms with Gasteiger partial charge in [0.25, 0.3) is 0 Å². The molecule has 1 unspecified atom stereocenters. The zero-order chi connectivity index (χ0) is 14.0. The Labute approximate surface area is 120 Å². The van der Waals surface area contributed by atoms with Crippen LogP contribution in [0, 0.1) is 19.7 Å². The first-order valence-electron chi connectivity index (χ1n) is 5.87. The van der Waals surface area contributed by atoms with Gasteiger partial charge in [-0.1, -0.05) is 22.0 Å². The Balaban J connectivity index is 2.52. The van der Waals surface area contributed by atoms with E-state index in [1.54, 1.807) is 18.3 Å². The Kier molecular flexibility index (Phi) is 4.29. The molecule has 1 aromatic heterocycles. The first kappa shape index (κ1) is 14.1. The Bertz CT molecular complexity index is 601. The van der Waals surface area contributed by atoms with E-state index >= 15 is 0 Å². The predicted molar refractivity (Wildman–Crippen MR) is 77.0 cm³/mol. The minimum Gasteiger partial charge on any atom is -0.271 e. The summed E-state index contributed by atoms with van der Waals surface area (Å²) in [5, 5.41) is 0. The molecule has 0 amide bonds. The molecule has 0 aliphatic rings. The van der Waals surface area contributed by atoms with Gasteiger partial charge in [-0.15, -0.1) is 0 Å². The number of aromatic nitrogens is 1. The van der Waals surface area contributed by atoms with Gasteiger partial charge >= 0.3 is 0 Å². The lowest BCUT2D eigenvalue weighted by molar-refractivity contribution is 0.551. The van der Waals surface area contributed by atoms with Gasteiger partial charge in [0.1, 0.15) is 5.82 Å². The molecule has 0 aliphatic carbocycles. The molecule has 100 valence electrons. The lowest BCUT2D eigenvalue weighted by Crippen LogP contribution is -2.30. The maximum atomic E-state index is 14.0. The van der Waals surface area contributed by atoms with Crippen LogP contribution in [-0.4, -0.2) is 4.98 Å². The van der Waals surface area contributed by atoms with Crippen LogP contribution in [0.25, 0.3) is 0 Å². The number of aryl methyl sites for hydroxylation is 2. The van der Waals surface area contributed by atoms with Crippen LogP contribution in [-0.2, 0) is 0 Å². The van der Waals surface area contributed by atoms with Gasteiger partial charge in [0, 0.05) is 16.2 Å². The summed E-state index contributed by atoms with van der Waals surface area (Å²) < 4.78 is 14.8. The van der Waals surface area contributed by atoms with Crippen LogP contribution in [0.15, 0.2) is 34.9 Å². The summed E-state index contributed by atoms with van der Waals surface area (Å²) in [5.41, 5.74) is 5.87. The molecular formula is C14H15BrFN3. The normalized spacial score (nSPS) is 12.5. The first-order chi connectivity index (χ1) is 9.02. The van der Waals surface area contributed by atoms with E-state index in [4.69, 9.17) is 5.84 Å². The highest BCUT2D eigenvalue weighted by Gasteiger charge is 2.20. The SMILES string of the molecule is Cc1cnc(C(NN)c2cc(Br)ccc2F)c(C)c1. The molecule has 2 rings (SSSR count). The summed E-state index contributed by atoms with van der Waals surface area (Å²) in [6, 6.07) is 6.30. The van der Waals surface area contributed by atoms with Crippen molar-refractivity contribution >= 4 is 15.9 Å². The second kappa shape index (κ2) is 5.77. The Morgan fingerprint density at radius 3 is 2.68 bits per heavy atom.